The van der Waals surface area contributed by atoms with Crippen molar-refractivity contribution in [1.29, 1.82) is 0 Å². The van der Waals surface area contributed by atoms with E-state index in [2.05, 4.69) is 32.3 Å². The number of hydrogen-bond acceptors (Lipinski definition) is 9. The quantitative estimate of drug-likeness (QED) is 0.202. The van der Waals surface area contributed by atoms with Crippen LogP contribution in [0.4, 0.5) is 30.5 Å². The van der Waals surface area contributed by atoms with Gasteiger partial charge in [0.1, 0.15) is 5.56 Å². The molecule has 43 heavy (non-hydrogen) atoms. The lowest BCUT2D eigenvalue weighted by atomic mass is 10.1. The van der Waals surface area contributed by atoms with Crippen LogP contribution in [0.15, 0.2) is 35.4 Å². The number of anilines is 3. The van der Waals surface area contributed by atoms with Gasteiger partial charge in [-0.25, -0.2) is 9.97 Å². The molecule has 2 bridgehead atoms. The molecule has 1 N–H and O–H groups in total. The fourth-order valence-electron chi connectivity index (χ4n) is 5.97. The first-order valence-electron chi connectivity index (χ1n) is 14.5. The summed E-state index contributed by atoms with van der Waals surface area (Å²) in [6, 6.07) is 8.54. The molecule has 2 unspecified atom stereocenters. The Labute approximate surface area is 256 Å². The van der Waals surface area contributed by atoms with Crippen LogP contribution >= 0.6 is 23.1 Å². The van der Waals surface area contributed by atoms with Gasteiger partial charge in [0.2, 0.25) is 12.4 Å². The van der Waals surface area contributed by atoms with Gasteiger partial charge in [-0.1, -0.05) is 0 Å². The maximum absolute atomic E-state index is 14.1. The van der Waals surface area contributed by atoms with Crippen LogP contribution in [-0.2, 0) is 20.4 Å². The summed E-state index contributed by atoms with van der Waals surface area (Å²) < 4.78 is 53.3. The molecule has 3 saturated heterocycles. The van der Waals surface area contributed by atoms with Crippen LogP contribution in [0.5, 0.6) is 0 Å². The van der Waals surface area contributed by atoms with E-state index in [0.717, 1.165) is 71.7 Å². The number of thiophene rings is 1. The van der Waals surface area contributed by atoms with E-state index < -0.39 is 11.7 Å². The molecule has 1 saturated carbocycles. The zero-order valence-corrected chi connectivity index (χ0v) is 25.2. The minimum atomic E-state index is -4.60. The Morgan fingerprint density at radius 2 is 2.07 bits per heavy atom. The van der Waals surface area contributed by atoms with Crippen LogP contribution in [0.2, 0.25) is 0 Å². The Balaban J connectivity index is 1.13. The highest BCUT2D eigenvalue weighted by Crippen LogP contribution is 2.47. The number of nitrogens with one attached hydrogen (secondary N) is 1. The summed E-state index contributed by atoms with van der Waals surface area (Å²) in [7, 11) is 0. The molecule has 3 aromatic rings. The highest BCUT2D eigenvalue weighted by molar-refractivity contribution is 7.99. The Kier molecular flexibility index (Phi) is 7.77. The number of thioether (sulfide) groups is 1. The van der Waals surface area contributed by atoms with Gasteiger partial charge in [0.15, 0.2) is 0 Å². The second kappa shape index (κ2) is 11.6. The summed E-state index contributed by atoms with van der Waals surface area (Å²) in [5, 5.41) is 3.25. The summed E-state index contributed by atoms with van der Waals surface area (Å²) in [5.41, 5.74) is 2.14. The van der Waals surface area contributed by atoms with Crippen LogP contribution in [0, 0.1) is 6.92 Å². The second-order valence-electron chi connectivity index (χ2n) is 11.5. The third-order valence-electron chi connectivity index (χ3n) is 8.56. The third kappa shape index (κ3) is 5.96. The number of ether oxygens (including phenoxy) is 2. The molecule has 1 aromatic carbocycles. The first-order chi connectivity index (χ1) is 20.8. The number of nitrogens with zero attached hydrogens (tertiary/aromatic N) is 4. The number of carbonyl (C=O) groups is 1. The standard InChI is InChI=1S/C30H32F3N5O3S2/c1-17-26(42-7-6-37(16-39)21-13-40-14-21)10-27(43-17)28-24(30(31,32)33)11-34-29(36-28)35-25-5-4-19(9-23(25)18-2-3-18)38-12-22-8-20(38)15-41-22/h4-5,9-11,16,18,20-22H,2-3,6-8,12-15H2,1H3,(H,34,35,36). The smallest absolute Gasteiger partial charge is 0.377 e. The zero-order chi connectivity index (χ0) is 29.7. The van der Waals surface area contributed by atoms with Crippen LogP contribution in [0.3, 0.4) is 0 Å². The molecule has 1 amide bonds. The summed E-state index contributed by atoms with van der Waals surface area (Å²) in [6.07, 6.45) is 0.615. The molecule has 0 spiro atoms. The van der Waals surface area contributed by atoms with Crippen LogP contribution < -0.4 is 10.2 Å². The van der Waals surface area contributed by atoms with Gasteiger partial charge in [0.25, 0.3) is 0 Å². The molecule has 2 atom stereocenters. The van der Waals surface area contributed by atoms with Gasteiger partial charge in [-0.05, 0) is 61.9 Å². The second-order valence-corrected chi connectivity index (χ2v) is 13.9. The van der Waals surface area contributed by atoms with E-state index >= 15 is 0 Å². The van der Waals surface area contributed by atoms with Crippen molar-refractivity contribution in [3.8, 4) is 10.6 Å². The molecule has 13 heteroatoms. The van der Waals surface area contributed by atoms with E-state index in [4.69, 9.17) is 9.47 Å². The largest absolute Gasteiger partial charge is 0.420 e. The van der Waals surface area contributed by atoms with Crippen molar-refractivity contribution in [2.24, 2.45) is 0 Å². The number of rotatable bonds is 11. The molecule has 8 nitrogen and oxygen atoms in total. The molecular formula is C30H32F3N5O3S2. The highest BCUT2D eigenvalue weighted by Gasteiger charge is 2.40. The summed E-state index contributed by atoms with van der Waals surface area (Å²) >= 11 is 2.80. The number of carbonyl (C=O) groups excluding carboxylic acids is 1. The lowest BCUT2D eigenvalue weighted by Gasteiger charge is -2.34. The lowest BCUT2D eigenvalue weighted by molar-refractivity contribution is -0.137. The fraction of sp³-hybridized carbons (Fsp3) is 0.500. The van der Waals surface area contributed by atoms with Gasteiger partial charge in [0, 0.05) is 46.2 Å². The van der Waals surface area contributed by atoms with Gasteiger partial charge >= 0.3 is 6.18 Å². The van der Waals surface area contributed by atoms with Gasteiger partial charge < -0.3 is 24.6 Å². The third-order valence-corrected chi connectivity index (χ3v) is 10.9. The normalized spacial score (nSPS) is 21.7. The van der Waals surface area contributed by atoms with Crippen molar-refractivity contribution in [2.45, 2.75) is 61.4 Å². The molecule has 4 fully saturated rings. The molecule has 3 aliphatic heterocycles. The minimum absolute atomic E-state index is 0.0973. The van der Waals surface area contributed by atoms with Crippen molar-refractivity contribution in [3.63, 3.8) is 0 Å². The maximum atomic E-state index is 14.1. The van der Waals surface area contributed by atoms with Crippen LogP contribution in [0.25, 0.3) is 10.6 Å². The molecule has 1 aliphatic carbocycles. The lowest BCUT2D eigenvalue weighted by Crippen LogP contribution is -2.49. The van der Waals surface area contributed by atoms with E-state index in [1.165, 1.54) is 23.1 Å². The number of aryl methyl sites for hydroxylation is 1. The zero-order valence-electron chi connectivity index (χ0n) is 23.6. The molecule has 4 aliphatic rings. The SMILES string of the molecule is Cc1sc(-c2nc(Nc3ccc(N4CC5CC4CO5)cc3C3CC3)ncc2C(F)(F)F)cc1SCCN(C=O)C1COC1. The average Bonchev–Trinajstić information content (AvgIpc) is 3.40. The van der Waals surface area contributed by atoms with Crippen molar-refractivity contribution in [2.75, 3.05) is 48.9 Å². The monoisotopic (exact) mass is 631 g/mol. The Bertz CT molecular complexity index is 1510. The summed E-state index contributed by atoms with van der Waals surface area (Å²) in [5.74, 6) is 1.18. The summed E-state index contributed by atoms with van der Waals surface area (Å²) in [4.78, 5) is 26.3. The molecule has 228 valence electrons. The van der Waals surface area contributed by atoms with Gasteiger partial charge in [-0.3, -0.25) is 4.79 Å². The van der Waals surface area contributed by atoms with Gasteiger partial charge in [0.05, 0.1) is 48.6 Å². The van der Waals surface area contributed by atoms with Crippen molar-refractivity contribution in [3.05, 3.63) is 46.5 Å². The van der Waals surface area contributed by atoms with Gasteiger partial charge in [-0.2, -0.15) is 13.2 Å². The first-order valence-corrected chi connectivity index (χ1v) is 16.3. The predicted molar refractivity (Wildman–Crippen MR) is 160 cm³/mol. The number of aromatic nitrogens is 2. The average molecular weight is 632 g/mol. The number of halogens is 3. The van der Waals surface area contributed by atoms with E-state index in [9.17, 15) is 18.0 Å². The van der Waals surface area contributed by atoms with E-state index in [1.54, 1.807) is 11.0 Å². The minimum Gasteiger partial charge on any atom is -0.377 e. The number of hydrogen-bond donors (Lipinski definition) is 1. The molecule has 2 aromatic heterocycles. The number of amides is 1. The molecule has 5 heterocycles. The van der Waals surface area contributed by atoms with Crippen molar-refractivity contribution < 1.29 is 27.4 Å². The van der Waals surface area contributed by atoms with E-state index in [1.807, 2.05) is 13.0 Å². The highest BCUT2D eigenvalue weighted by atomic mass is 32.2. The first kappa shape index (κ1) is 28.9. The molecule has 7 rings (SSSR count). The van der Waals surface area contributed by atoms with E-state index in [-0.39, 0.29) is 17.7 Å². The molecule has 0 radical (unpaired) electrons. The van der Waals surface area contributed by atoms with Gasteiger partial charge in [-0.15, -0.1) is 23.1 Å². The van der Waals surface area contributed by atoms with Crippen LogP contribution in [-0.4, -0.2) is 78.1 Å². The predicted octanol–water partition coefficient (Wildman–Crippen LogP) is 6.08. The van der Waals surface area contributed by atoms with Crippen molar-refractivity contribution in [1.82, 2.24) is 14.9 Å². The Hall–Kier alpha value is -2.87. The summed E-state index contributed by atoms with van der Waals surface area (Å²) in [6.45, 7) is 5.15. The number of fused-ring (bicyclic) bond motifs is 2. The fourth-order valence-corrected chi connectivity index (χ4v) is 8.19. The van der Waals surface area contributed by atoms with Crippen molar-refractivity contribution >= 4 is 46.8 Å². The number of alkyl halides is 3. The Morgan fingerprint density at radius 3 is 2.72 bits per heavy atom. The van der Waals surface area contributed by atoms with Crippen LogP contribution in [0.1, 0.15) is 41.2 Å². The number of morpholine rings is 1. The van der Waals surface area contributed by atoms with E-state index in [0.29, 0.717) is 48.5 Å². The molecular weight excluding hydrogens is 599 g/mol. The Morgan fingerprint density at radius 1 is 1.23 bits per heavy atom. The maximum Gasteiger partial charge on any atom is 0.420 e. The topological polar surface area (TPSA) is 79.8 Å². The number of benzene rings is 1.